The molecule has 0 aliphatic heterocycles. The molecule has 6 nitrogen and oxygen atoms in total. The third kappa shape index (κ3) is 1.07. The Labute approximate surface area is 67.8 Å². The Bertz CT molecular complexity index is 403. The second-order valence-corrected chi connectivity index (χ2v) is 2.27. The Hall–Kier alpha value is -1.72. The van der Waals surface area contributed by atoms with Crippen LogP contribution < -0.4 is 21.8 Å². The molecule has 12 heavy (non-hydrogen) atoms. The molecule has 0 aliphatic rings. The largest absolute Gasteiger partial charge is 0.490 e. The highest BCUT2D eigenvalue weighted by molar-refractivity contribution is 5.12. The number of aromatic nitrogens is 2. The van der Waals surface area contributed by atoms with Crippen LogP contribution in [0, 0.1) is 0 Å². The van der Waals surface area contributed by atoms with Gasteiger partial charge in [-0.25, -0.2) is 4.79 Å². The molecule has 2 N–H and O–H groups in total. The summed E-state index contributed by atoms with van der Waals surface area (Å²) in [7, 11) is 2.81. The Morgan fingerprint density at radius 2 is 2.08 bits per heavy atom. The molecule has 66 valence electrons. The van der Waals surface area contributed by atoms with Gasteiger partial charge < -0.3 is 10.6 Å². The second-order valence-electron chi connectivity index (χ2n) is 2.27. The smallest absolute Gasteiger partial charge is 0.349 e. The SMILES string of the molecule is COc1cn(C)c(=O)n(N)c1=O. The topological polar surface area (TPSA) is 79.2 Å². The summed E-state index contributed by atoms with van der Waals surface area (Å²) in [6.07, 6.45) is 1.29. The highest BCUT2D eigenvalue weighted by atomic mass is 16.5. The van der Waals surface area contributed by atoms with Crippen LogP contribution in [0.15, 0.2) is 15.8 Å². The van der Waals surface area contributed by atoms with Gasteiger partial charge in [-0.2, -0.15) is 4.68 Å². The number of rotatable bonds is 1. The standard InChI is InChI=1S/C6H9N3O3/c1-8-3-4(12-2)5(10)9(7)6(8)11/h3H,7H2,1-2H3. The second kappa shape index (κ2) is 2.72. The summed E-state index contributed by atoms with van der Waals surface area (Å²) >= 11 is 0. The van der Waals surface area contributed by atoms with Crippen LogP contribution >= 0.6 is 0 Å². The first-order valence-corrected chi connectivity index (χ1v) is 3.19. The molecule has 0 bridgehead atoms. The van der Waals surface area contributed by atoms with Gasteiger partial charge in [-0.15, -0.1) is 0 Å². The first-order chi connectivity index (χ1) is 5.57. The Morgan fingerprint density at radius 1 is 1.50 bits per heavy atom. The van der Waals surface area contributed by atoms with Crippen molar-refractivity contribution in [1.82, 2.24) is 9.24 Å². The van der Waals surface area contributed by atoms with Gasteiger partial charge in [0, 0.05) is 7.05 Å². The first kappa shape index (κ1) is 8.38. The van der Waals surface area contributed by atoms with Gasteiger partial charge in [0.15, 0.2) is 0 Å². The van der Waals surface area contributed by atoms with Crippen LogP contribution in [0.5, 0.6) is 5.75 Å². The highest BCUT2D eigenvalue weighted by Crippen LogP contribution is 1.94. The zero-order valence-corrected chi connectivity index (χ0v) is 6.77. The lowest BCUT2D eigenvalue weighted by Crippen LogP contribution is -2.43. The molecule has 1 heterocycles. The summed E-state index contributed by atoms with van der Waals surface area (Å²) in [5.74, 6) is 5.19. The van der Waals surface area contributed by atoms with Crippen molar-refractivity contribution < 1.29 is 4.74 Å². The Morgan fingerprint density at radius 3 is 2.58 bits per heavy atom. The number of aryl methyl sites for hydroxylation is 1. The summed E-state index contributed by atoms with van der Waals surface area (Å²) in [5.41, 5.74) is -1.22. The van der Waals surface area contributed by atoms with Crippen molar-refractivity contribution in [2.24, 2.45) is 7.05 Å². The average Bonchev–Trinajstić information content (AvgIpc) is 2.08. The highest BCUT2D eigenvalue weighted by Gasteiger charge is 2.05. The molecule has 1 rings (SSSR count). The van der Waals surface area contributed by atoms with Crippen molar-refractivity contribution in [2.75, 3.05) is 13.0 Å². The predicted molar refractivity (Wildman–Crippen MR) is 42.6 cm³/mol. The van der Waals surface area contributed by atoms with E-state index < -0.39 is 11.2 Å². The zero-order valence-electron chi connectivity index (χ0n) is 6.77. The molecule has 0 aliphatic carbocycles. The summed E-state index contributed by atoms with van der Waals surface area (Å²) in [4.78, 5) is 22.1. The van der Waals surface area contributed by atoms with Gasteiger partial charge in [-0.05, 0) is 0 Å². The maximum absolute atomic E-state index is 11.1. The van der Waals surface area contributed by atoms with Gasteiger partial charge in [0.1, 0.15) is 0 Å². The molecule has 0 saturated heterocycles. The number of nitrogen functional groups attached to an aromatic ring is 1. The molecule has 1 aromatic heterocycles. The summed E-state index contributed by atoms with van der Waals surface area (Å²) in [6.45, 7) is 0. The summed E-state index contributed by atoms with van der Waals surface area (Å²) in [5, 5.41) is 0. The number of nitrogens with two attached hydrogens (primary N) is 1. The summed E-state index contributed by atoms with van der Waals surface area (Å²) in [6, 6.07) is 0. The molecule has 6 heteroatoms. The van der Waals surface area contributed by atoms with Crippen molar-refractivity contribution in [3.63, 3.8) is 0 Å². The van der Waals surface area contributed by atoms with E-state index in [1.165, 1.54) is 24.9 Å². The van der Waals surface area contributed by atoms with Crippen LogP contribution in [0.25, 0.3) is 0 Å². The normalized spacial score (nSPS) is 9.83. The lowest BCUT2D eigenvalue weighted by molar-refractivity contribution is 0.397. The van der Waals surface area contributed by atoms with E-state index in [0.717, 1.165) is 0 Å². The van der Waals surface area contributed by atoms with E-state index in [-0.39, 0.29) is 5.75 Å². The summed E-state index contributed by atoms with van der Waals surface area (Å²) < 4.78 is 6.35. The number of methoxy groups -OCH3 is 1. The zero-order chi connectivity index (χ0) is 9.30. The number of hydrogen-bond acceptors (Lipinski definition) is 4. The fraction of sp³-hybridized carbons (Fsp3) is 0.333. The minimum Gasteiger partial charge on any atom is -0.490 e. The lowest BCUT2D eigenvalue weighted by Gasteiger charge is -2.03. The van der Waals surface area contributed by atoms with Crippen molar-refractivity contribution in [1.29, 1.82) is 0 Å². The monoisotopic (exact) mass is 171 g/mol. The van der Waals surface area contributed by atoms with Gasteiger partial charge >= 0.3 is 11.2 Å². The van der Waals surface area contributed by atoms with Crippen molar-refractivity contribution >= 4 is 0 Å². The maximum Gasteiger partial charge on any atom is 0.349 e. The maximum atomic E-state index is 11.1. The fourth-order valence-corrected chi connectivity index (χ4v) is 0.802. The van der Waals surface area contributed by atoms with Gasteiger partial charge in [0.25, 0.3) is 0 Å². The van der Waals surface area contributed by atoms with E-state index >= 15 is 0 Å². The van der Waals surface area contributed by atoms with E-state index in [1.54, 1.807) is 0 Å². The van der Waals surface area contributed by atoms with E-state index in [1.807, 2.05) is 0 Å². The van der Waals surface area contributed by atoms with Crippen molar-refractivity contribution in [2.45, 2.75) is 0 Å². The molecule has 0 atom stereocenters. The number of ether oxygens (including phenoxy) is 1. The van der Waals surface area contributed by atoms with E-state index in [2.05, 4.69) is 4.74 Å². The lowest BCUT2D eigenvalue weighted by atomic mass is 10.6. The van der Waals surface area contributed by atoms with Gasteiger partial charge in [0.2, 0.25) is 5.75 Å². The Balaban J connectivity index is 3.61. The number of nitrogens with zero attached hydrogens (tertiary/aromatic N) is 2. The van der Waals surface area contributed by atoms with Crippen LogP contribution in [-0.4, -0.2) is 16.4 Å². The average molecular weight is 171 g/mol. The minimum atomic E-state index is -0.638. The van der Waals surface area contributed by atoms with Crippen LogP contribution in [0.3, 0.4) is 0 Å². The van der Waals surface area contributed by atoms with Gasteiger partial charge in [-0.3, -0.25) is 9.36 Å². The molecule has 0 fully saturated rings. The van der Waals surface area contributed by atoms with Gasteiger partial charge in [0.05, 0.1) is 13.3 Å². The number of hydrogen-bond donors (Lipinski definition) is 1. The first-order valence-electron chi connectivity index (χ1n) is 3.19. The van der Waals surface area contributed by atoms with Crippen LogP contribution in [0.4, 0.5) is 0 Å². The molecule has 0 unspecified atom stereocenters. The van der Waals surface area contributed by atoms with Crippen LogP contribution in [-0.2, 0) is 7.05 Å². The molecule has 0 radical (unpaired) electrons. The third-order valence-electron chi connectivity index (χ3n) is 1.47. The van der Waals surface area contributed by atoms with Crippen LogP contribution in [0.1, 0.15) is 0 Å². The molecular formula is C6H9N3O3. The van der Waals surface area contributed by atoms with E-state index in [0.29, 0.717) is 4.68 Å². The molecule has 0 saturated carbocycles. The molecule has 0 spiro atoms. The minimum absolute atomic E-state index is 0.0413. The van der Waals surface area contributed by atoms with E-state index in [4.69, 9.17) is 5.84 Å². The fourth-order valence-electron chi connectivity index (χ4n) is 0.802. The van der Waals surface area contributed by atoms with Crippen LogP contribution in [0.2, 0.25) is 0 Å². The van der Waals surface area contributed by atoms with Crippen molar-refractivity contribution in [3.8, 4) is 5.75 Å². The Kier molecular flexibility index (Phi) is 1.90. The van der Waals surface area contributed by atoms with Gasteiger partial charge in [-0.1, -0.05) is 0 Å². The third-order valence-corrected chi connectivity index (χ3v) is 1.47. The molecule has 0 aromatic carbocycles. The quantitative estimate of drug-likeness (QED) is 0.509. The van der Waals surface area contributed by atoms with E-state index in [9.17, 15) is 9.59 Å². The van der Waals surface area contributed by atoms with Crippen molar-refractivity contribution in [3.05, 3.63) is 27.0 Å². The predicted octanol–water partition coefficient (Wildman–Crippen LogP) is -1.73. The molecular weight excluding hydrogens is 162 g/mol. The molecule has 0 amide bonds. The molecule has 1 aromatic rings.